The fourth-order valence-electron chi connectivity index (χ4n) is 4.07. The van der Waals surface area contributed by atoms with E-state index in [-0.39, 0.29) is 31.2 Å². The monoisotopic (exact) mass is 587 g/mol. The molecule has 11 heteroatoms. The maximum atomic E-state index is 14.0. The molecular weight excluding hydrogens is 553 g/mol. The van der Waals surface area contributed by atoms with Gasteiger partial charge in [-0.3, -0.25) is 14.3 Å². The molecular formula is C32H34FN5O5. The first kappa shape index (κ1) is 30.9. The number of ether oxygens (including phenoxy) is 2. The predicted molar refractivity (Wildman–Crippen MR) is 161 cm³/mol. The summed E-state index contributed by atoms with van der Waals surface area (Å²) in [4.78, 5) is 37.3. The number of nitrogens with one attached hydrogen (secondary N) is 3. The number of carbonyl (C=O) groups is 3. The highest BCUT2D eigenvalue weighted by molar-refractivity contribution is 6.05. The first-order valence-corrected chi connectivity index (χ1v) is 13.6. The zero-order chi connectivity index (χ0) is 31.0. The van der Waals surface area contributed by atoms with Crippen LogP contribution in [0, 0.1) is 5.82 Å². The van der Waals surface area contributed by atoms with Crippen molar-refractivity contribution in [2.75, 3.05) is 23.8 Å². The van der Waals surface area contributed by atoms with Crippen LogP contribution in [0.5, 0.6) is 0 Å². The van der Waals surface area contributed by atoms with Crippen molar-refractivity contribution in [3.63, 3.8) is 0 Å². The van der Waals surface area contributed by atoms with Crippen LogP contribution in [0.4, 0.5) is 20.7 Å². The molecule has 0 aliphatic heterocycles. The number of anilines is 2. The second kappa shape index (κ2) is 13.8. The lowest BCUT2D eigenvalue weighted by Gasteiger charge is -2.19. The summed E-state index contributed by atoms with van der Waals surface area (Å²) in [7, 11) is 1.67. The third-order valence-corrected chi connectivity index (χ3v) is 6.11. The van der Waals surface area contributed by atoms with Gasteiger partial charge in [0.1, 0.15) is 17.2 Å². The fraction of sp³-hybridized carbons (Fsp3) is 0.250. The Bertz CT molecular complexity index is 1590. The number of carbonyl (C=O) groups excluding carboxylic acids is 3. The molecule has 0 fully saturated rings. The van der Waals surface area contributed by atoms with Gasteiger partial charge in [0.25, 0.3) is 11.8 Å². The standard InChI is InChI=1S/C32H34FN5O5/c1-32(2,3)43-31(41)34-17-18-42-20-22-9-5-6-10-24(22)29(39)35-23-15-13-21(14-16-23)27-19-28(38(4)37-27)36-30(40)25-11-7-8-12-26(25)33/h5-16,19H,17-18,20H2,1-4H3,(H,34,41)(H,35,39)(H,36,40). The number of amides is 3. The molecule has 3 amide bonds. The van der Waals surface area contributed by atoms with Crippen LogP contribution < -0.4 is 16.0 Å². The zero-order valence-electron chi connectivity index (χ0n) is 24.4. The van der Waals surface area contributed by atoms with Crippen molar-refractivity contribution >= 4 is 29.4 Å². The van der Waals surface area contributed by atoms with Crippen LogP contribution in [-0.4, -0.2) is 46.4 Å². The predicted octanol–water partition coefficient (Wildman–Crippen LogP) is 5.77. The summed E-state index contributed by atoms with van der Waals surface area (Å²) in [6, 6.07) is 21.7. The number of aromatic nitrogens is 2. The molecule has 4 rings (SSSR count). The van der Waals surface area contributed by atoms with E-state index in [2.05, 4.69) is 21.0 Å². The van der Waals surface area contributed by atoms with Crippen LogP contribution in [0.1, 0.15) is 47.1 Å². The SMILES string of the molecule is Cn1nc(-c2ccc(NC(=O)c3ccccc3COCCNC(=O)OC(C)(C)C)cc2)cc1NC(=O)c1ccccc1F. The molecule has 0 atom stereocenters. The molecule has 3 N–H and O–H groups in total. The molecule has 0 radical (unpaired) electrons. The average Bonchev–Trinajstić information content (AvgIpc) is 3.32. The summed E-state index contributed by atoms with van der Waals surface area (Å²) in [5.74, 6) is -1.08. The minimum Gasteiger partial charge on any atom is -0.444 e. The Morgan fingerprint density at radius 2 is 1.53 bits per heavy atom. The highest BCUT2D eigenvalue weighted by atomic mass is 19.1. The molecule has 4 aromatic rings. The number of benzene rings is 3. The molecule has 1 aromatic heterocycles. The molecule has 0 saturated carbocycles. The van der Waals surface area contributed by atoms with Crippen LogP contribution in [0.3, 0.4) is 0 Å². The molecule has 0 spiro atoms. The normalized spacial score (nSPS) is 11.1. The number of aryl methyl sites for hydroxylation is 1. The van der Waals surface area contributed by atoms with E-state index in [1.165, 1.54) is 22.9 Å². The van der Waals surface area contributed by atoms with Crippen molar-refractivity contribution in [3.8, 4) is 11.3 Å². The summed E-state index contributed by atoms with van der Waals surface area (Å²) in [6.45, 7) is 6.07. The Morgan fingerprint density at radius 1 is 0.884 bits per heavy atom. The molecule has 43 heavy (non-hydrogen) atoms. The minimum atomic E-state index is -0.609. The molecule has 0 saturated heterocycles. The summed E-state index contributed by atoms with van der Waals surface area (Å²) >= 11 is 0. The lowest BCUT2D eigenvalue weighted by Crippen LogP contribution is -2.34. The fourth-order valence-corrected chi connectivity index (χ4v) is 4.07. The van der Waals surface area contributed by atoms with Gasteiger partial charge < -0.3 is 25.4 Å². The average molecular weight is 588 g/mol. The molecule has 3 aromatic carbocycles. The van der Waals surface area contributed by atoms with Gasteiger partial charge in [0, 0.05) is 36.5 Å². The van der Waals surface area contributed by atoms with Crippen LogP contribution in [-0.2, 0) is 23.1 Å². The molecule has 0 bridgehead atoms. The molecule has 224 valence electrons. The summed E-state index contributed by atoms with van der Waals surface area (Å²) in [5.41, 5.74) is 2.45. The van der Waals surface area contributed by atoms with Crippen LogP contribution in [0.25, 0.3) is 11.3 Å². The maximum Gasteiger partial charge on any atom is 0.407 e. The maximum absolute atomic E-state index is 14.0. The van der Waals surface area contributed by atoms with Gasteiger partial charge in [0.15, 0.2) is 0 Å². The summed E-state index contributed by atoms with van der Waals surface area (Å²) in [6.07, 6.45) is -0.517. The van der Waals surface area contributed by atoms with E-state index < -0.39 is 23.4 Å². The lowest BCUT2D eigenvalue weighted by atomic mass is 10.1. The highest BCUT2D eigenvalue weighted by Gasteiger charge is 2.17. The van der Waals surface area contributed by atoms with Crippen molar-refractivity contribution in [2.24, 2.45) is 7.05 Å². The van der Waals surface area contributed by atoms with E-state index in [0.717, 1.165) is 5.56 Å². The number of halogens is 1. The Kier molecular flexibility index (Phi) is 9.89. The van der Waals surface area contributed by atoms with Crippen LogP contribution in [0.2, 0.25) is 0 Å². The quantitative estimate of drug-likeness (QED) is 0.202. The second-order valence-electron chi connectivity index (χ2n) is 10.6. The first-order valence-electron chi connectivity index (χ1n) is 13.6. The van der Waals surface area contributed by atoms with Gasteiger partial charge in [0.05, 0.1) is 24.5 Å². The summed E-state index contributed by atoms with van der Waals surface area (Å²) in [5, 5.41) is 12.7. The Balaban J connectivity index is 1.33. The van der Waals surface area contributed by atoms with E-state index in [9.17, 15) is 18.8 Å². The van der Waals surface area contributed by atoms with Gasteiger partial charge in [-0.1, -0.05) is 42.5 Å². The number of hydrogen-bond donors (Lipinski definition) is 3. The molecule has 0 aliphatic rings. The molecule has 1 heterocycles. The van der Waals surface area contributed by atoms with Gasteiger partial charge in [-0.2, -0.15) is 5.10 Å². The van der Waals surface area contributed by atoms with Crippen molar-refractivity contribution in [1.82, 2.24) is 15.1 Å². The Hall–Kier alpha value is -5.03. The Morgan fingerprint density at radius 3 is 2.23 bits per heavy atom. The largest absolute Gasteiger partial charge is 0.444 e. The van der Waals surface area contributed by atoms with E-state index >= 15 is 0 Å². The number of alkyl carbamates (subject to hydrolysis) is 1. The first-order chi connectivity index (χ1) is 20.5. The van der Waals surface area contributed by atoms with E-state index in [4.69, 9.17) is 9.47 Å². The molecule has 10 nitrogen and oxygen atoms in total. The van der Waals surface area contributed by atoms with Gasteiger partial charge in [-0.05, 0) is 56.7 Å². The third kappa shape index (κ3) is 8.73. The number of hydrogen-bond acceptors (Lipinski definition) is 6. The Labute approximate surface area is 249 Å². The van der Waals surface area contributed by atoms with Gasteiger partial charge in [-0.15, -0.1) is 0 Å². The summed E-state index contributed by atoms with van der Waals surface area (Å²) < 4.78 is 26.3. The van der Waals surface area contributed by atoms with E-state index in [1.807, 2.05) is 12.1 Å². The van der Waals surface area contributed by atoms with Crippen molar-refractivity contribution in [3.05, 3.63) is 101 Å². The van der Waals surface area contributed by atoms with Crippen molar-refractivity contribution in [2.45, 2.75) is 33.0 Å². The van der Waals surface area contributed by atoms with Crippen LogP contribution >= 0.6 is 0 Å². The van der Waals surface area contributed by atoms with Gasteiger partial charge >= 0.3 is 6.09 Å². The van der Waals surface area contributed by atoms with Crippen molar-refractivity contribution < 1.29 is 28.2 Å². The smallest absolute Gasteiger partial charge is 0.407 e. The highest BCUT2D eigenvalue weighted by Crippen LogP contribution is 2.24. The van der Waals surface area contributed by atoms with E-state index in [1.54, 1.807) is 76.3 Å². The van der Waals surface area contributed by atoms with Gasteiger partial charge in [0.2, 0.25) is 0 Å². The minimum absolute atomic E-state index is 0.0614. The molecule has 0 aliphatic carbocycles. The van der Waals surface area contributed by atoms with Crippen molar-refractivity contribution in [1.29, 1.82) is 0 Å². The second-order valence-corrected chi connectivity index (χ2v) is 10.6. The third-order valence-electron chi connectivity index (χ3n) is 6.11. The lowest BCUT2D eigenvalue weighted by molar-refractivity contribution is 0.0493. The van der Waals surface area contributed by atoms with Gasteiger partial charge in [-0.25, -0.2) is 9.18 Å². The zero-order valence-corrected chi connectivity index (χ0v) is 24.4. The number of rotatable bonds is 10. The van der Waals surface area contributed by atoms with E-state index in [0.29, 0.717) is 28.3 Å². The van der Waals surface area contributed by atoms with Crippen LogP contribution in [0.15, 0.2) is 78.9 Å². The topological polar surface area (TPSA) is 124 Å². The number of nitrogens with zero attached hydrogens (tertiary/aromatic N) is 2. The molecule has 0 unspecified atom stereocenters.